The number of primary amides is 1. The van der Waals surface area contributed by atoms with Crippen molar-refractivity contribution in [2.45, 2.75) is 31.4 Å². The van der Waals surface area contributed by atoms with Crippen molar-refractivity contribution in [2.24, 2.45) is 17.6 Å². The van der Waals surface area contributed by atoms with Crippen molar-refractivity contribution in [1.29, 1.82) is 0 Å². The van der Waals surface area contributed by atoms with Crippen molar-refractivity contribution in [3.8, 4) is 17.6 Å². The zero-order valence-corrected chi connectivity index (χ0v) is 20.7. The van der Waals surface area contributed by atoms with Gasteiger partial charge in [0.1, 0.15) is 22.8 Å². The summed E-state index contributed by atoms with van der Waals surface area (Å²) in [6, 6.07) is 0.580. The van der Waals surface area contributed by atoms with E-state index in [0.29, 0.717) is 11.3 Å². The van der Waals surface area contributed by atoms with Crippen LogP contribution in [0.25, 0.3) is 5.76 Å². The van der Waals surface area contributed by atoms with Crippen molar-refractivity contribution in [1.82, 2.24) is 4.90 Å². The summed E-state index contributed by atoms with van der Waals surface area (Å²) >= 11 is 0. The van der Waals surface area contributed by atoms with E-state index in [1.54, 1.807) is 46.1 Å². The third kappa shape index (κ3) is 3.23. The number of aliphatic hydroxyl groups is 3. The third-order valence-corrected chi connectivity index (χ3v) is 7.44. The molecule has 6 N–H and O–H groups in total. The molecule has 1 amide bonds. The molecule has 36 heavy (non-hydrogen) atoms. The number of Topliss-reactive ketones (excluding diaryl/α,β-unsaturated/α-hetero) is 2. The molecule has 0 spiro atoms. The number of fused-ring (bicyclic) bond motifs is 3. The summed E-state index contributed by atoms with van der Waals surface area (Å²) in [6.45, 7) is 1.60. The summed E-state index contributed by atoms with van der Waals surface area (Å²) in [5, 5.41) is 44.9. The molecular weight excluding hydrogens is 466 g/mol. The summed E-state index contributed by atoms with van der Waals surface area (Å²) in [6.07, 6.45) is 0.255. The number of phenols is 1. The van der Waals surface area contributed by atoms with Gasteiger partial charge in [0.2, 0.25) is 5.78 Å². The number of aromatic hydroxyl groups is 1. The minimum atomic E-state index is -2.66. The Balaban J connectivity index is 2.03. The number of nitrogens with zero attached hydrogens (tertiary/aromatic N) is 2. The van der Waals surface area contributed by atoms with E-state index in [1.165, 1.54) is 4.90 Å². The molecule has 0 heterocycles. The quantitative estimate of drug-likeness (QED) is 0.295. The molecule has 3 aliphatic rings. The molecule has 0 radical (unpaired) electrons. The molecule has 0 aromatic heterocycles. The first-order valence-electron chi connectivity index (χ1n) is 11.4. The molecule has 1 aromatic rings. The topological polar surface area (TPSA) is 165 Å². The monoisotopic (exact) mass is 495 g/mol. The molecule has 10 nitrogen and oxygen atoms in total. The van der Waals surface area contributed by atoms with E-state index in [0.717, 1.165) is 0 Å². The van der Waals surface area contributed by atoms with Crippen LogP contribution in [0.4, 0.5) is 5.69 Å². The Kier molecular flexibility index (Phi) is 5.90. The first-order chi connectivity index (χ1) is 16.8. The van der Waals surface area contributed by atoms with E-state index in [-0.39, 0.29) is 35.3 Å². The molecule has 0 bridgehead atoms. The average molecular weight is 496 g/mol. The van der Waals surface area contributed by atoms with Crippen LogP contribution in [0, 0.1) is 23.7 Å². The van der Waals surface area contributed by atoms with Crippen molar-refractivity contribution in [3.63, 3.8) is 0 Å². The van der Waals surface area contributed by atoms with Crippen LogP contribution < -0.4 is 10.6 Å². The predicted octanol–water partition coefficient (Wildman–Crippen LogP) is 0.401. The highest BCUT2D eigenvalue weighted by atomic mass is 16.3. The number of rotatable bonds is 3. The molecule has 4 atom stereocenters. The molecule has 0 unspecified atom stereocenters. The molecule has 10 heteroatoms. The summed E-state index contributed by atoms with van der Waals surface area (Å²) in [5.41, 5.74) is 3.19. The Morgan fingerprint density at radius 3 is 2.33 bits per heavy atom. The number of anilines is 1. The van der Waals surface area contributed by atoms with Gasteiger partial charge in [-0.25, -0.2) is 0 Å². The van der Waals surface area contributed by atoms with E-state index in [2.05, 4.69) is 11.8 Å². The van der Waals surface area contributed by atoms with E-state index in [4.69, 9.17) is 5.73 Å². The predicted molar refractivity (Wildman–Crippen MR) is 131 cm³/mol. The van der Waals surface area contributed by atoms with E-state index in [1.807, 2.05) is 0 Å². The molecule has 0 aliphatic heterocycles. The standard InChI is InChI=1S/C26H29N3O7/c1-6-7-11-10-15(28(2)3)13-8-12-9-14-19(29(4)5)22(32)18(25(27)35)24(34)26(14,36)23(33)16(12)21(31)17(13)20(11)30/h10,12,14,19,30-31,34,36H,8-9H2,1-5H3,(H2,27,35)/t12-,14-,19-,26-/m0/s1. The second kappa shape index (κ2) is 8.40. The zero-order valence-electron chi connectivity index (χ0n) is 20.7. The van der Waals surface area contributed by atoms with E-state index in [9.17, 15) is 34.8 Å². The van der Waals surface area contributed by atoms with Gasteiger partial charge in [-0.1, -0.05) is 5.92 Å². The highest BCUT2D eigenvalue weighted by Gasteiger charge is 2.64. The number of nitrogens with two attached hydrogens (primary N) is 1. The number of phenolic OH excluding ortho intramolecular Hbond substituents is 1. The second-order valence-corrected chi connectivity index (χ2v) is 9.88. The van der Waals surface area contributed by atoms with Gasteiger partial charge in [-0.2, -0.15) is 0 Å². The first-order valence-corrected chi connectivity index (χ1v) is 11.4. The Morgan fingerprint density at radius 2 is 1.81 bits per heavy atom. The maximum absolute atomic E-state index is 13.9. The summed E-state index contributed by atoms with van der Waals surface area (Å²) in [4.78, 5) is 42.3. The summed E-state index contributed by atoms with van der Waals surface area (Å²) in [5.74, 6) is -1.29. The average Bonchev–Trinajstić information content (AvgIpc) is 2.77. The Bertz CT molecular complexity index is 1350. The Hall–Kier alpha value is -3.81. The number of hydrogen-bond acceptors (Lipinski definition) is 9. The van der Waals surface area contributed by atoms with Crippen LogP contribution in [0.1, 0.15) is 30.0 Å². The molecule has 1 fully saturated rings. The minimum Gasteiger partial charge on any atom is -0.508 e. The van der Waals surface area contributed by atoms with E-state index >= 15 is 0 Å². The highest BCUT2D eigenvalue weighted by molar-refractivity contribution is 6.24. The normalized spacial score (nSPS) is 27.2. The lowest BCUT2D eigenvalue weighted by Gasteiger charge is -2.50. The summed E-state index contributed by atoms with van der Waals surface area (Å²) in [7, 11) is 6.72. The fraction of sp³-hybridized carbons (Fsp3) is 0.423. The smallest absolute Gasteiger partial charge is 0.255 e. The van der Waals surface area contributed by atoms with Crippen molar-refractivity contribution in [2.75, 3.05) is 33.1 Å². The van der Waals surface area contributed by atoms with Gasteiger partial charge in [0.05, 0.1) is 17.2 Å². The van der Waals surface area contributed by atoms with Gasteiger partial charge in [-0.3, -0.25) is 19.3 Å². The second-order valence-electron chi connectivity index (χ2n) is 9.88. The lowest BCUT2D eigenvalue weighted by Crippen LogP contribution is -2.65. The Morgan fingerprint density at radius 1 is 1.17 bits per heavy atom. The van der Waals surface area contributed by atoms with Crippen molar-refractivity contribution < 1.29 is 34.8 Å². The number of benzene rings is 1. The van der Waals surface area contributed by atoms with E-state index < -0.39 is 58.0 Å². The van der Waals surface area contributed by atoms with Gasteiger partial charge in [-0.15, -0.1) is 5.92 Å². The van der Waals surface area contributed by atoms with Crippen molar-refractivity contribution in [3.05, 3.63) is 39.7 Å². The van der Waals surface area contributed by atoms with Crippen LogP contribution in [0.15, 0.2) is 23.0 Å². The van der Waals surface area contributed by atoms with Crippen LogP contribution in [0.2, 0.25) is 0 Å². The van der Waals surface area contributed by atoms with Crippen molar-refractivity contribution >= 4 is 28.9 Å². The summed E-state index contributed by atoms with van der Waals surface area (Å²) < 4.78 is 0. The van der Waals surface area contributed by atoms with Gasteiger partial charge in [0, 0.05) is 31.3 Å². The molecule has 3 aliphatic carbocycles. The van der Waals surface area contributed by atoms with Crippen LogP contribution in [0.3, 0.4) is 0 Å². The molecule has 1 saturated carbocycles. The third-order valence-electron chi connectivity index (χ3n) is 7.44. The molecule has 1 aromatic carbocycles. The largest absolute Gasteiger partial charge is 0.508 e. The highest BCUT2D eigenvalue weighted by Crippen LogP contribution is 2.54. The number of carbonyl (C=O) groups excluding carboxylic acids is 3. The molecular formula is C26H29N3O7. The fourth-order valence-electron chi connectivity index (χ4n) is 5.92. The minimum absolute atomic E-state index is 0.0234. The first kappa shape index (κ1) is 25.3. The maximum atomic E-state index is 13.9. The lowest BCUT2D eigenvalue weighted by molar-refractivity contribution is -0.153. The van der Waals surface area contributed by atoms with Gasteiger partial charge in [0.25, 0.3) is 5.91 Å². The van der Waals surface area contributed by atoms with Crippen LogP contribution in [0.5, 0.6) is 5.75 Å². The van der Waals surface area contributed by atoms with Crippen LogP contribution in [-0.4, -0.2) is 82.6 Å². The fourth-order valence-corrected chi connectivity index (χ4v) is 5.92. The maximum Gasteiger partial charge on any atom is 0.255 e. The zero-order chi connectivity index (χ0) is 26.9. The number of ketones is 2. The van der Waals surface area contributed by atoms with Gasteiger partial charge in [0.15, 0.2) is 11.4 Å². The Labute approximate surface area is 208 Å². The number of aliphatic hydroxyl groups excluding tert-OH is 2. The number of carbonyl (C=O) groups is 3. The van der Waals surface area contributed by atoms with Crippen LogP contribution >= 0.6 is 0 Å². The van der Waals surface area contributed by atoms with Gasteiger partial charge >= 0.3 is 0 Å². The SMILES string of the molecule is CC#Cc1cc(N(C)C)c2c(c1O)C(O)=C1C(=O)[C@]3(O)C(O)=C(C(N)=O)C(=O)[C@@H](N(C)C)[C@@H]3C[C@@H]1C2. The number of amides is 1. The van der Waals surface area contributed by atoms with Crippen LogP contribution in [-0.2, 0) is 20.8 Å². The number of hydrogen-bond donors (Lipinski definition) is 5. The molecule has 0 saturated heterocycles. The molecule has 190 valence electrons. The lowest BCUT2D eigenvalue weighted by atomic mass is 9.57. The van der Waals surface area contributed by atoms with Gasteiger partial charge < -0.3 is 31.1 Å². The molecule has 4 rings (SSSR count). The number of likely N-dealkylation sites (N-methyl/N-ethyl adjacent to an activating group) is 1. The van der Waals surface area contributed by atoms with Gasteiger partial charge in [-0.05, 0) is 51.4 Å².